The maximum absolute atomic E-state index is 2.37. The summed E-state index contributed by atoms with van der Waals surface area (Å²) in [5, 5.41) is 0. The molecule has 1 aliphatic rings. The first kappa shape index (κ1) is 13.9. The van der Waals surface area contributed by atoms with Crippen molar-refractivity contribution in [1.82, 2.24) is 0 Å². The van der Waals surface area contributed by atoms with Crippen molar-refractivity contribution < 1.29 is 0 Å². The van der Waals surface area contributed by atoms with Gasteiger partial charge in [-0.05, 0) is 25.0 Å². The number of hydrogen-bond acceptors (Lipinski definition) is 0. The molecule has 106 valence electrons. The fourth-order valence-electron chi connectivity index (χ4n) is 3.48. The van der Waals surface area contributed by atoms with Gasteiger partial charge in [0.05, 0.1) is 0 Å². The minimum Gasteiger partial charge on any atom is -0.0759 e. The summed E-state index contributed by atoms with van der Waals surface area (Å²) in [5.74, 6) is 0.419. The summed E-state index contributed by atoms with van der Waals surface area (Å²) in [7, 11) is 0. The van der Waals surface area contributed by atoms with Crippen molar-refractivity contribution in [2.45, 2.75) is 26.2 Å². The van der Waals surface area contributed by atoms with Crippen molar-refractivity contribution in [2.75, 3.05) is 0 Å². The molecule has 0 aromatic heterocycles. The summed E-state index contributed by atoms with van der Waals surface area (Å²) in [4.78, 5) is 0. The Kier molecular flexibility index (Phi) is 3.55. The molecule has 0 saturated carbocycles. The van der Waals surface area contributed by atoms with E-state index >= 15 is 0 Å². The van der Waals surface area contributed by atoms with E-state index in [0.29, 0.717) is 5.92 Å². The molecule has 0 aliphatic heterocycles. The number of allylic oxidation sites excluding steroid dienone is 4. The Morgan fingerprint density at radius 2 is 1.24 bits per heavy atom. The van der Waals surface area contributed by atoms with Crippen molar-refractivity contribution >= 4 is 0 Å². The maximum atomic E-state index is 2.37. The van der Waals surface area contributed by atoms with Gasteiger partial charge in [-0.25, -0.2) is 0 Å². The third-order valence-corrected chi connectivity index (χ3v) is 5.00. The van der Waals surface area contributed by atoms with Gasteiger partial charge in [-0.1, -0.05) is 90.9 Å². The van der Waals surface area contributed by atoms with Gasteiger partial charge >= 0.3 is 0 Å². The molecular weight excluding hydrogens is 252 g/mol. The predicted octanol–water partition coefficient (Wildman–Crippen LogP) is 5.52. The van der Waals surface area contributed by atoms with Crippen molar-refractivity contribution in [3.05, 3.63) is 95.1 Å². The second-order valence-electron chi connectivity index (χ2n) is 6.14. The van der Waals surface area contributed by atoms with Gasteiger partial charge in [0.15, 0.2) is 0 Å². The highest BCUT2D eigenvalue weighted by molar-refractivity contribution is 5.48. The lowest BCUT2D eigenvalue weighted by atomic mass is 9.65. The molecule has 2 aromatic rings. The van der Waals surface area contributed by atoms with E-state index in [1.165, 1.54) is 22.3 Å². The Labute approximate surface area is 127 Å². The van der Waals surface area contributed by atoms with Crippen LogP contribution in [0.25, 0.3) is 0 Å². The lowest BCUT2D eigenvalue weighted by Crippen LogP contribution is -2.32. The third kappa shape index (κ3) is 2.25. The second kappa shape index (κ2) is 5.37. The molecule has 0 heteroatoms. The Hall–Kier alpha value is -2.08. The van der Waals surface area contributed by atoms with Gasteiger partial charge in [0, 0.05) is 11.3 Å². The normalized spacial score (nSPS) is 18.3. The highest BCUT2D eigenvalue weighted by Gasteiger charge is 2.38. The maximum Gasteiger partial charge on any atom is 0.0274 e. The van der Waals surface area contributed by atoms with Crippen LogP contribution < -0.4 is 0 Å². The van der Waals surface area contributed by atoms with Crippen molar-refractivity contribution in [1.29, 1.82) is 0 Å². The van der Waals surface area contributed by atoms with Crippen LogP contribution in [-0.2, 0) is 5.41 Å². The van der Waals surface area contributed by atoms with Crippen LogP contribution in [0.5, 0.6) is 0 Å². The first-order chi connectivity index (χ1) is 10.1. The van der Waals surface area contributed by atoms with E-state index in [-0.39, 0.29) is 5.41 Å². The van der Waals surface area contributed by atoms with Crippen LogP contribution in [-0.4, -0.2) is 0 Å². The van der Waals surface area contributed by atoms with E-state index < -0.39 is 0 Å². The molecule has 0 N–H and O–H groups in total. The molecule has 21 heavy (non-hydrogen) atoms. The van der Waals surface area contributed by atoms with Gasteiger partial charge in [-0.2, -0.15) is 0 Å². The zero-order chi connectivity index (χ0) is 14.9. The number of rotatable bonds is 3. The SMILES string of the molecule is CC1=C(C)C(C(C)(c2ccccc2)c2ccccc2)C=C1. The Morgan fingerprint density at radius 3 is 1.62 bits per heavy atom. The first-order valence-corrected chi connectivity index (χ1v) is 7.60. The highest BCUT2D eigenvalue weighted by atomic mass is 14.4. The van der Waals surface area contributed by atoms with E-state index in [1.54, 1.807) is 0 Å². The molecule has 0 heterocycles. The summed E-state index contributed by atoms with van der Waals surface area (Å²) in [5.41, 5.74) is 5.60. The average molecular weight is 274 g/mol. The predicted molar refractivity (Wildman–Crippen MR) is 90.3 cm³/mol. The molecule has 2 aromatic carbocycles. The van der Waals surface area contributed by atoms with Gasteiger partial charge in [-0.3, -0.25) is 0 Å². The molecule has 1 atom stereocenters. The van der Waals surface area contributed by atoms with Crippen molar-refractivity contribution in [3.63, 3.8) is 0 Å². The van der Waals surface area contributed by atoms with Gasteiger partial charge in [-0.15, -0.1) is 0 Å². The van der Waals surface area contributed by atoms with Crippen LogP contribution in [0.1, 0.15) is 31.9 Å². The van der Waals surface area contributed by atoms with Gasteiger partial charge in [0.2, 0.25) is 0 Å². The number of hydrogen-bond donors (Lipinski definition) is 0. The van der Waals surface area contributed by atoms with E-state index in [0.717, 1.165) is 0 Å². The van der Waals surface area contributed by atoms with Crippen LogP contribution in [0.15, 0.2) is 84.0 Å². The summed E-state index contributed by atoms with van der Waals surface area (Å²) in [6.07, 6.45) is 4.63. The summed E-state index contributed by atoms with van der Waals surface area (Å²) in [6.45, 7) is 6.85. The molecule has 1 unspecified atom stereocenters. The molecular formula is C21H22. The van der Waals surface area contributed by atoms with E-state index in [2.05, 4.69) is 93.6 Å². The molecule has 0 radical (unpaired) electrons. The van der Waals surface area contributed by atoms with Crippen LogP contribution in [0.3, 0.4) is 0 Å². The summed E-state index contributed by atoms with van der Waals surface area (Å²) < 4.78 is 0. The highest BCUT2D eigenvalue weighted by Crippen LogP contribution is 2.45. The molecule has 0 amide bonds. The second-order valence-corrected chi connectivity index (χ2v) is 6.14. The standard InChI is InChI=1S/C21H22/c1-16-14-15-20(17(16)2)21(3,18-10-6-4-7-11-18)19-12-8-5-9-13-19/h4-15,20H,1-3H3. The van der Waals surface area contributed by atoms with Gasteiger partial charge in [0.1, 0.15) is 0 Å². The van der Waals surface area contributed by atoms with Crippen LogP contribution in [0.2, 0.25) is 0 Å². The van der Waals surface area contributed by atoms with Crippen LogP contribution in [0, 0.1) is 5.92 Å². The third-order valence-electron chi connectivity index (χ3n) is 5.00. The van der Waals surface area contributed by atoms with Gasteiger partial charge < -0.3 is 0 Å². The zero-order valence-electron chi connectivity index (χ0n) is 13.0. The van der Waals surface area contributed by atoms with Crippen molar-refractivity contribution in [3.8, 4) is 0 Å². The molecule has 0 saturated heterocycles. The Bertz CT molecular complexity index is 635. The van der Waals surface area contributed by atoms with Crippen LogP contribution >= 0.6 is 0 Å². The largest absolute Gasteiger partial charge is 0.0759 e. The molecule has 3 rings (SSSR count). The van der Waals surface area contributed by atoms with E-state index in [9.17, 15) is 0 Å². The zero-order valence-corrected chi connectivity index (χ0v) is 13.0. The fraction of sp³-hybridized carbons (Fsp3) is 0.238. The van der Waals surface area contributed by atoms with Gasteiger partial charge in [0.25, 0.3) is 0 Å². The van der Waals surface area contributed by atoms with Crippen LogP contribution in [0.4, 0.5) is 0 Å². The van der Waals surface area contributed by atoms with Crippen molar-refractivity contribution in [2.24, 2.45) is 5.92 Å². The molecule has 0 bridgehead atoms. The molecule has 0 fully saturated rings. The minimum absolute atomic E-state index is 0.0269. The summed E-state index contributed by atoms with van der Waals surface area (Å²) in [6, 6.07) is 21.7. The molecule has 0 nitrogen and oxygen atoms in total. The minimum atomic E-state index is -0.0269. The topological polar surface area (TPSA) is 0 Å². The van der Waals surface area contributed by atoms with E-state index in [1.807, 2.05) is 0 Å². The lowest BCUT2D eigenvalue weighted by molar-refractivity contribution is 0.468. The monoisotopic (exact) mass is 274 g/mol. The quantitative estimate of drug-likeness (QED) is 0.691. The molecule has 0 spiro atoms. The lowest BCUT2D eigenvalue weighted by Gasteiger charge is -2.37. The smallest absolute Gasteiger partial charge is 0.0274 e. The Morgan fingerprint density at radius 1 is 0.762 bits per heavy atom. The summed E-state index contributed by atoms with van der Waals surface area (Å²) >= 11 is 0. The fourth-order valence-corrected chi connectivity index (χ4v) is 3.48. The Balaban J connectivity index is 2.20. The first-order valence-electron chi connectivity index (χ1n) is 7.60. The average Bonchev–Trinajstić information content (AvgIpc) is 2.88. The van der Waals surface area contributed by atoms with E-state index in [4.69, 9.17) is 0 Å². The number of benzene rings is 2. The molecule has 1 aliphatic carbocycles.